The highest BCUT2D eigenvalue weighted by Gasteiger charge is 2.09. The summed E-state index contributed by atoms with van der Waals surface area (Å²) in [6, 6.07) is 14.8. The lowest BCUT2D eigenvalue weighted by Crippen LogP contribution is -2.15. The molecule has 0 aliphatic heterocycles. The van der Waals surface area contributed by atoms with Crippen LogP contribution in [0.2, 0.25) is 5.02 Å². The third-order valence-corrected chi connectivity index (χ3v) is 3.84. The minimum absolute atomic E-state index is 0.379. The van der Waals surface area contributed by atoms with E-state index in [0.717, 1.165) is 12.0 Å². The van der Waals surface area contributed by atoms with Crippen LogP contribution in [0.15, 0.2) is 42.5 Å². The molecule has 2 rings (SSSR count). The van der Waals surface area contributed by atoms with E-state index in [4.69, 9.17) is 16.3 Å². The second-order valence-electron chi connectivity index (χ2n) is 4.72. The Morgan fingerprint density at radius 3 is 2.55 bits per heavy atom. The summed E-state index contributed by atoms with van der Waals surface area (Å²) in [5.41, 5.74) is 3.58. The van der Waals surface area contributed by atoms with Gasteiger partial charge in [0, 0.05) is 6.04 Å². The molecule has 0 bridgehead atoms. The number of halogens is 1. The zero-order chi connectivity index (χ0) is 14.5. The third-order valence-electron chi connectivity index (χ3n) is 3.53. The molecule has 0 spiro atoms. The van der Waals surface area contributed by atoms with Gasteiger partial charge in [0.25, 0.3) is 0 Å². The van der Waals surface area contributed by atoms with Crippen LogP contribution in [0.5, 0.6) is 5.75 Å². The van der Waals surface area contributed by atoms with E-state index in [9.17, 15) is 0 Å². The van der Waals surface area contributed by atoms with Gasteiger partial charge in [-0.05, 0) is 48.4 Å². The van der Waals surface area contributed by atoms with Crippen LogP contribution in [0.25, 0.3) is 11.1 Å². The fourth-order valence-electron chi connectivity index (χ4n) is 2.38. The fraction of sp³-hybridized carbons (Fsp3) is 0.294. The lowest BCUT2D eigenvalue weighted by molar-refractivity contribution is 0.415. The zero-order valence-corrected chi connectivity index (χ0v) is 12.9. The quantitative estimate of drug-likeness (QED) is 0.862. The van der Waals surface area contributed by atoms with Crippen LogP contribution in [-0.2, 0) is 0 Å². The van der Waals surface area contributed by atoms with E-state index in [1.165, 1.54) is 11.1 Å². The van der Waals surface area contributed by atoms with Gasteiger partial charge in [-0.1, -0.05) is 42.8 Å². The molecule has 3 heteroatoms. The summed E-state index contributed by atoms with van der Waals surface area (Å²) in [5, 5.41) is 3.97. The number of rotatable bonds is 5. The Labute approximate surface area is 125 Å². The molecule has 1 unspecified atom stereocenters. The monoisotopic (exact) mass is 289 g/mol. The normalized spacial score (nSPS) is 12.2. The molecule has 106 valence electrons. The molecule has 1 atom stereocenters. The van der Waals surface area contributed by atoms with Gasteiger partial charge in [-0.15, -0.1) is 0 Å². The summed E-state index contributed by atoms with van der Waals surface area (Å²) in [7, 11) is 3.63. The molecule has 0 heterocycles. The van der Waals surface area contributed by atoms with Crippen LogP contribution in [-0.4, -0.2) is 14.2 Å². The Morgan fingerprint density at radius 2 is 1.90 bits per heavy atom. The summed E-state index contributed by atoms with van der Waals surface area (Å²) in [5.74, 6) is 0.704. The molecule has 2 nitrogen and oxygen atoms in total. The van der Waals surface area contributed by atoms with Gasteiger partial charge in [-0.2, -0.15) is 0 Å². The predicted molar refractivity (Wildman–Crippen MR) is 85.5 cm³/mol. The van der Waals surface area contributed by atoms with Gasteiger partial charge >= 0.3 is 0 Å². The maximum absolute atomic E-state index is 6.08. The van der Waals surface area contributed by atoms with Crippen LogP contribution in [0.1, 0.15) is 24.9 Å². The van der Waals surface area contributed by atoms with Gasteiger partial charge in [0.2, 0.25) is 0 Å². The largest absolute Gasteiger partial charge is 0.495 e. The first-order valence-electron chi connectivity index (χ1n) is 6.80. The van der Waals surface area contributed by atoms with Gasteiger partial charge < -0.3 is 10.1 Å². The fourth-order valence-corrected chi connectivity index (χ4v) is 2.58. The minimum Gasteiger partial charge on any atom is -0.495 e. The van der Waals surface area contributed by atoms with E-state index in [1.54, 1.807) is 7.11 Å². The van der Waals surface area contributed by atoms with Crippen molar-refractivity contribution in [1.82, 2.24) is 5.32 Å². The molecule has 20 heavy (non-hydrogen) atoms. The van der Waals surface area contributed by atoms with E-state index < -0.39 is 0 Å². The molecule has 0 saturated carbocycles. The lowest BCUT2D eigenvalue weighted by atomic mass is 9.98. The van der Waals surface area contributed by atoms with Crippen LogP contribution in [0.3, 0.4) is 0 Å². The Kier molecular flexibility index (Phi) is 5.05. The van der Waals surface area contributed by atoms with E-state index in [2.05, 4.69) is 36.5 Å². The van der Waals surface area contributed by atoms with E-state index in [1.807, 2.05) is 25.2 Å². The van der Waals surface area contributed by atoms with Crippen molar-refractivity contribution in [1.29, 1.82) is 0 Å². The van der Waals surface area contributed by atoms with Crippen molar-refractivity contribution in [2.75, 3.05) is 14.2 Å². The number of nitrogens with one attached hydrogen (secondary N) is 1. The maximum atomic E-state index is 6.08. The summed E-state index contributed by atoms with van der Waals surface area (Å²) < 4.78 is 5.28. The molecule has 0 saturated heterocycles. The van der Waals surface area contributed by atoms with Crippen LogP contribution < -0.4 is 10.1 Å². The van der Waals surface area contributed by atoms with Crippen molar-refractivity contribution in [3.05, 3.63) is 53.1 Å². The van der Waals surface area contributed by atoms with E-state index in [-0.39, 0.29) is 0 Å². The topological polar surface area (TPSA) is 21.3 Å². The van der Waals surface area contributed by atoms with Gasteiger partial charge in [-0.25, -0.2) is 0 Å². The van der Waals surface area contributed by atoms with Gasteiger partial charge in [-0.3, -0.25) is 0 Å². The summed E-state index contributed by atoms with van der Waals surface area (Å²) >= 11 is 6.08. The van der Waals surface area contributed by atoms with Crippen molar-refractivity contribution in [3.8, 4) is 16.9 Å². The number of methoxy groups -OCH3 is 1. The van der Waals surface area contributed by atoms with Crippen LogP contribution in [0.4, 0.5) is 0 Å². The lowest BCUT2D eigenvalue weighted by Gasteiger charge is -2.15. The summed E-state index contributed by atoms with van der Waals surface area (Å²) in [6.45, 7) is 2.18. The Morgan fingerprint density at radius 1 is 1.15 bits per heavy atom. The zero-order valence-electron chi connectivity index (χ0n) is 12.1. The van der Waals surface area contributed by atoms with E-state index in [0.29, 0.717) is 16.8 Å². The number of hydrogen-bond donors (Lipinski definition) is 1. The average Bonchev–Trinajstić information content (AvgIpc) is 2.49. The highest BCUT2D eigenvalue weighted by molar-refractivity contribution is 6.32. The first kappa shape index (κ1) is 14.9. The highest BCUT2D eigenvalue weighted by atomic mass is 35.5. The average molecular weight is 290 g/mol. The molecular formula is C17H20ClNO. The Hall–Kier alpha value is -1.51. The van der Waals surface area contributed by atoms with E-state index >= 15 is 0 Å². The first-order valence-corrected chi connectivity index (χ1v) is 7.18. The summed E-state index contributed by atoms with van der Waals surface area (Å²) in [4.78, 5) is 0. The van der Waals surface area contributed by atoms with Crippen molar-refractivity contribution in [2.45, 2.75) is 19.4 Å². The van der Waals surface area contributed by atoms with Gasteiger partial charge in [0.1, 0.15) is 5.75 Å². The van der Waals surface area contributed by atoms with Crippen molar-refractivity contribution < 1.29 is 4.74 Å². The Balaban J connectivity index is 2.40. The molecule has 1 N–H and O–H groups in total. The summed E-state index contributed by atoms with van der Waals surface area (Å²) in [6.07, 6.45) is 1.06. The number of ether oxygens (including phenoxy) is 1. The maximum Gasteiger partial charge on any atom is 0.138 e. The van der Waals surface area contributed by atoms with Crippen LogP contribution in [0, 0.1) is 0 Å². The first-order chi connectivity index (χ1) is 9.69. The molecule has 0 aromatic heterocycles. The molecule has 0 radical (unpaired) electrons. The second-order valence-corrected chi connectivity index (χ2v) is 5.13. The van der Waals surface area contributed by atoms with Crippen molar-refractivity contribution in [2.24, 2.45) is 0 Å². The number of benzene rings is 2. The van der Waals surface area contributed by atoms with Crippen LogP contribution >= 0.6 is 11.6 Å². The standard InChI is InChI=1S/C17H20ClNO/c1-4-16(19-2)14-7-5-6-12(10-14)13-8-9-15(18)17(11-13)20-3/h5-11,16,19H,4H2,1-3H3. The minimum atomic E-state index is 0.379. The molecule has 2 aromatic carbocycles. The van der Waals surface area contributed by atoms with Crippen molar-refractivity contribution in [3.63, 3.8) is 0 Å². The molecule has 0 fully saturated rings. The molecule has 0 amide bonds. The van der Waals surface area contributed by atoms with Crippen molar-refractivity contribution >= 4 is 11.6 Å². The predicted octanol–water partition coefficient (Wildman–Crippen LogP) is 4.69. The third kappa shape index (κ3) is 3.14. The highest BCUT2D eigenvalue weighted by Crippen LogP contribution is 2.31. The molecule has 2 aromatic rings. The molecular weight excluding hydrogens is 270 g/mol. The van der Waals surface area contributed by atoms with Gasteiger partial charge in [0.15, 0.2) is 0 Å². The molecule has 0 aliphatic carbocycles. The molecule has 0 aliphatic rings. The second kappa shape index (κ2) is 6.78. The Bertz CT molecular complexity index is 579. The number of hydrogen-bond acceptors (Lipinski definition) is 2. The smallest absolute Gasteiger partial charge is 0.138 e. The van der Waals surface area contributed by atoms with Gasteiger partial charge in [0.05, 0.1) is 12.1 Å². The SMILES string of the molecule is CCC(NC)c1cccc(-c2ccc(Cl)c(OC)c2)c1.